The van der Waals surface area contributed by atoms with Crippen LogP contribution in [0.15, 0.2) is 47.1 Å². The van der Waals surface area contributed by atoms with Crippen LogP contribution in [0.5, 0.6) is 0 Å². The van der Waals surface area contributed by atoms with E-state index < -0.39 is 0 Å². The number of nitrogens with zero attached hydrogens (tertiary/aromatic N) is 3. The van der Waals surface area contributed by atoms with Gasteiger partial charge in [-0.05, 0) is 72.1 Å². The summed E-state index contributed by atoms with van der Waals surface area (Å²) in [6.45, 7) is 3.74. The zero-order valence-electron chi connectivity index (χ0n) is 15.5. The third kappa shape index (κ3) is 3.37. The lowest BCUT2D eigenvalue weighted by Crippen LogP contribution is -2.11. The minimum absolute atomic E-state index is 0.628. The number of aromatic nitrogens is 2. The van der Waals surface area contributed by atoms with Crippen molar-refractivity contribution in [1.82, 2.24) is 9.97 Å². The van der Waals surface area contributed by atoms with Crippen LogP contribution in [-0.4, -0.2) is 22.3 Å². The second-order valence-corrected chi connectivity index (χ2v) is 7.46. The van der Waals surface area contributed by atoms with Crippen LogP contribution in [0.3, 0.4) is 0 Å². The summed E-state index contributed by atoms with van der Waals surface area (Å²) in [6.07, 6.45) is 12.0. The largest absolute Gasteiger partial charge is 0.350 e. The molecule has 1 aromatic heterocycles. The Bertz CT molecular complexity index is 982. The molecule has 0 bridgehead atoms. The molecule has 0 amide bonds. The lowest BCUT2D eigenvalue weighted by molar-refractivity contribution is 0.959. The average molecular weight is 357 g/mol. The third-order valence-corrected chi connectivity index (χ3v) is 5.57. The van der Waals surface area contributed by atoms with Crippen molar-refractivity contribution in [2.24, 2.45) is 10.9 Å². The predicted molar refractivity (Wildman–Crippen MR) is 110 cm³/mol. The highest BCUT2D eigenvalue weighted by molar-refractivity contribution is 6.05. The highest BCUT2D eigenvalue weighted by atomic mass is 15.2. The first-order valence-corrected chi connectivity index (χ1v) is 9.63. The van der Waals surface area contributed by atoms with Gasteiger partial charge in [0.05, 0.1) is 6.54 Å². The fraction of sp³-hybridized carbons (Fsp3) is 0.318. The Kier molecular flexibility index (Phi) is 4.00. The maximum atomic E-state index is 4.58. The number of benzene rings is 1. The maximum Gasteiger partial charge on any atom is 0.224 e. The Labute approximate surface area is 159 Å². The van der Waals surface area contributed by atoms with E-state index in [9.17, 15) is 0 Å². The SMILES string of the molecule is Cc1c(CNc2nccc(NC3=NCC(C4CC4)=C3)n2)ccc2c1CC=C2. The molecule has 0 spiro atoms. The van der Waals surface area contributed by atoms with Gasteiger partial charge in [-0.25, -0.2) is 4.98 Å². The minimum Gasteiger partial charge on any atom is -0.350 e. The van der Waals surface area contributed by atoms with E-state index in [0.717, 1.165) is 37.1 Å². The Morgan fingerprint density at radius 2 is 2.11 bits per heavy atom. The van der Waals surface area contributed by atoms with Crippen LogP contribution >= 0.6 is 0 Å². The van der Waals surface area contributed by atoms with Crippen molar-refractivity contribution < 1.29 is 0 Å². The van der Waals surface area contributed by atoms with Crippen molar-refractivity contribution >= 4 is 23.7 Å². The number of aliphatic imine (C=N–C) groups is 1. The summed E-state index contributed by atoms with van der Waals surface area (Å²) in [6, 6.07) is 6.27. The van der Waals surface area contributed by atoms with E-state index in [-0.39, 0.29) is 0 Å². The predicted octanol–water partition coefficient (Wildman–Crippen LogP) is 4.13. The van der Waals surface area contributed by atoms with Crippen LogP contribution < -0.4 is 10.6 Å². The van der Waals surface area contributed by atoms with Gasteiger partial charge in [0, 0.05) is 12.7 Å². The molecule has 2 aliphatic carbocycles. The van der Waals surface area contributed by atoms with Gasteiger partial charge in [0.2, 0.25) is 5.95 Å². The smallest absolute Gasteiger partial charge is 0.224 e. The molecule has 136 valence electrons. The molecule has 5 heteroatoms. The van der Waals surface area contributed by atoms with Crippen LogP contribution in [0.25, 0.3) is 6.08 Å². The van der Waals surface area contributed by atoms with E-state index in [1.807, 2.05) is 6.07 Å². The average Bonchev–Trinajstić information content (AvgIpc) is 3.23. The Balaban J connectivity index is 1.25. The van der Waals surface area contributed by atoms with Crippen LogP contribution in [0.2, 0.25) is 0 Å². The van der Waals surface area contributed by atoms with E-state index in [2.05, 4.69) is 62.9 Å². The number of hydrogen-bond acceptors (Lipinski definition) is 5. The molecule has 1 fully saturated rings. The number of hydrogen-bond donors (Lipinski definition) is 2. The molecule has 2 N–H and O–H groups in total. The van der Waals surface area contributed by atoms with Gasteiger partial charge in [-0.1, -0.05) is 24.3 Å². The van der Waals surface area contributed by atoms with Gasteiger partial charge in [-0.3, -0.25) is 4.99 Å². The van der Waals surface area contributed by atoms with Gasteiger partial charge in [0.1, 0.15) is 11.7 Å². The van der Waals surface area contributed by atoms with E-state index >= 15 is 0 Å². The van der Waals surface area contributed by atoms with E-state index in [0.29, 0.717) is 5.95 Å². The summed E-state index contributed by atoms with van der Waals surface area (Å²) in [5.74, 6) is 3.07. The van der Waals surface area contributed by atoms with Gasteiger partial charge >= 0.3 is 0 Å². The molecule has 1 saturated carbocycles. The normalized spacial score (nSPS) is 17.5. The third-order valence-electron chi connectivity index (χ3n) is 5.57. The van der Waals surface area contributed by atoms with Crippen molar-refractivity contribution in [3.63, 3.8) is 0 Å². The summed E-state index contributed by atoms with van der Waals surface area (Å²) >= 11 is 0. The Morgan fingerprint density at radius 1 is 1.19 bits per heavy atom. The van der Waals surface area contributed by atoms with Crippen LogP contribution in [0.4, 0.5) is 11.8 Å². The molecular weight excluding hydrogens is 334 g/mol. The van der Waals surface area contributed by atoms with Gasteiger partial charge in [0.25, 0.3) is 0 Å². The second-order valence-electron chi connectivity index (χ2n) is 7.46. The van der Waals surface area contributed by atoms with Gasteiger partial charge in [-0.15, -0.1) is 0 Å². The maximum absolute atomic E-state index is 4.58. The van der Waals surface area contributed by atoms with Crippen LogP contribution in [-0.2, 0) is 13.0 Å². The number of amidine groups is 1. The first-order valence-electron chi connectivity index (χ1n) is 9.63. The van der Waals surface area contributed by atoms with Crippen molar-refractivity contribution in [3.05, 3.63) is 64.4 Å². The first kappa shape index (κ1) is 16.2. The summed E-state index contributed by atoms with van der Waals surface area (Å²) in [7, 11) is 0. The highest BCUT2D eigenvalue weighted by Crippen LogP contribution is 2.37. The molecule has 5 rings (SSSR count). The molecule has 0 atom stereocenters. The quantitative estimate of drug-likeness (QED) is 0.845. The second kappa shape index (κ2) is 6.65. The molecular formula is C22H23N5. The topological polar surface area (TPSA) is 62.2 Å². The molecule has 5 nitrogen and oxygen atoms in total. The molecule has 0 unspecified atom stereocenters. The van der Waals surface area contributed by atoms with Crippen molar-refractivity contribution in [1.29, 1.82) is 0 Å². The molecule has 1 aliphatic heterocycles. The minimum atomic E-state index is 0.628. The number of allylic oxidation sites excluding steroid dienone is 1. The standard InChI is InChI=1S/C22H23N5/c1-14-17(8-7-16-3-2-4-19(14)16)12-25-22-23-10-9-20(27-22)26-21-11-18(13-24-21)15-5-6-15/h2-3,7-11,15H,4-6,12-13H2,1H3,(H2,23,24,25,26,27). The fourth-order valence-electron chi connectivity index (χ4n) is 3.79. The summed E-state index contributed by atoms with van der Waals surface area (Å²) in [4.78, 5) is 13.5. The lowest BCUT2D eigenvalue weighted by Gasteiger charge is -2.12. The summed E-state index contributed by atoms with van der Waals surface area (Å²) in [5.41, 5.74) is 6.87. The Hall–Kier alpha value is -2.95. The van der Waals surface area contributed by atoms with Crippen molar-refractivity contribution in [2.45, 2.75) is 32.7 Å². The van der Waals surface area contributed by atoms with Gasteiger partial charge in [-0.2, -0.15) is 4.98 Å². The summed E-state index contributed by atoms with van der Waals surface area (Å²) in [5, 5.41) is 6.67. The van der Waals surface area contributed by atoms with Crippen LogP contribution in [0.1, 0.15) is 35.1 Å². The Morgan fingerprint density at radius 3 is 3.00 bits per heavy atom. The monoisotopic (exact) mass is 357 g/mol. The number of rotatable bonds is 5. The van der Waals surface area contributed by atoms with Gasteiger partial charge in [0.15, 0.2) is 0 Å². The molecule has 2 aromatic rings. The first-order chi connectivity index (χ1) is 13.3. The number of fused-ring (bicyclic) bond motifs is 1. The number of nitrogens with one attached hydrogen (secondary N) is 2. The zero-order valence-corrected chi connectivity index (χ0v) is 15.5. The molecule has 1 aromatic carbocycles. The van der Waals surface area contributed by atoms with E-state index in [4.69, 9.17) is 0 Å². The van der Waals surface area contributed by atoms with Crippen LogP contribution in [0, 0.1) is 12.8 Å². The highest BCUT2D eigenvalue weighted by Gasteiger charge is 2.27. The lowest BCUT2D eigenvalue weighted by atomic mass is 9.98. The van der Waals surface area contributed by atoms with E-state index in [1.165, 1.54) is 40.7 Å². The molecule has 2 heterocycles. The molecule has 3 aliphatic rings. The summed E-state index contributed by atoms with van der Waals surface area (Å²) < 4.78 is 0. The molecule has 0 radical (unpaired) electrons. The number of anilines is 2. The fourth-order valence-corrected chi connectivity index (χ4v) is 3.79. The zero-order chi connectivity index (χ0) is 18.2. The van der Waals surface area contributed by atoms with E-state index in [1.54, 1.807) is 6.20 Å². The van der Waals surface area contributed by atoms with Crippen molar-refractivity contribution in [3.8, 4) is 0 Å². The molecule has 27 heavy (non-hydrogen) atoms. The van der Waals surface area contributed by atoms with Crippen molar-refractivity contribution in [2.75, 3.05) is 17.2 Å². The molecule has 0 saturated heterocycles. The van der Waals surface area contributed by atoms with Gasteiger partial charge < -0.3 is 10.6 Å².